The van der Waals surface area contributed by atoms with Crippen molar-refractivity contribution in [2.24, 2.45) is 0 Å². The number of carboxylic acid groups (broad SMARTS) is 1. The van der Waals surface area contributed by atoms with E-state index in [1.165, 1.54) is 0 Å². The van der Waals surface area contributed by atoms with Crippen LogP contribution in [0.4, 0.5) is 0 Å². The van der Waals surface area contributed by atoms with Gasteiger partial charge in [0.2, 0.25) is 5.91 Å². The zero-order valence-corrected chi connectivity index (χ0v) is 11.7. The van der Waals surface area contributed by atoms with Crippen molar-refractivity contribution in [2.45, 2.75) is 26.2 Å². The summed E-state index contributed by atoms with van der Waals surface area (Å²) in [6, 6.07) is 0. The van der Waals surface area contributed by atoms with Gasteiger partial charge in [0.05, 0.1) is 20.6 Å². The molecule has 0 saturated heterocycles. The van der Waals surface area contributed by atoms with E-state index < -0.39 is 5.97 Å². The lowest BCUT2D eigenvalue weighted by atomic mass is 10.2. The van der Waals surface area contributed by atoms with Crippen LogP contribution in [0.2, 0.25) is 0 Å². The van der Waals surface area contributed by atoms with Crippen LogP contribution >= 0.6 is 0 Å². The molecule has 0 heterocycles. The Bertz CT molecular complexity index is 311. The Balaban J connectivity index is 3.59. The van der Waals surface area contributed by atoms with Gasteiger partial charge in [0.15, 0.2) is 6.54 Å². The van der Waals surface area contributed by atoms with Crippen LogP contribution in [-0.2, 0) is 9.59 Å². The average molecular weight is 257 g/mol. The molecule has 5 heteroatoms. The van der Waals surface area contributed by atoms with Crippen LogP contribution in [-0.4, -0.2) is 55.2 Å². The highest BCUT2D eigenvalue weighted by molar-refractivity contribution is 5.91. The van der Waals surface area contributed by atoms with Gasteiger partial charge in [-0.05, 0) is 26.2 Å². The average Bonchev–Trinajstić information content (AvgIpc) is 2.20. The maximum absolute atomic E-state index is 11.2. The Kier molecular flexibility index (Phi) is 7.27. The molecular weight excluding hydrogens is 232 g/mol. The standard InChI is InChI=1S/C13H24N2O3/c1-11(2)13(18)14-8-6-5-7-9-15(3,4)10-12(16)17/h1,5-10H2,2-4H3,(H-,14,16,17,18)/p+1. The third kappa shape index (κ3) is 8.75. The molecule has 0 aromatic carbocycles. The molecule has 0 aliphatic carbocycles. The lowest BCUT2D eigenvalue weighted by Crippen LogP contribution is -2.44. The minimum absolute atomic E-state index is 0.100. The first-order chi connectivity index (χ1) is 8.24. The summed E-state index contributed by atoms with van der Waals surface area (Å²) in [5, 5.41) is 11.5. The number of carbonyl (C=O) groups excluding carboxylic acids is 1. The Labute approximate surface area is 109 Å². The fourth-order valence-corrected chi connectivity index (χ4v) is 1.64. The van der Waals surface area contributed by atoms with Crippen LogP contribution in [0.15, 0.2) is 12.2 Å². The maximum atomic E-state index is 11.2. The molecule has 104 valence electrons. The molecular formula is C13H25N2O3+. The van der Waals surface area contributed by atoms with Crippen molar-refractivity contribution < 1.29 is 19.2 Å². The monoisotopic (exact) mass is 257 g/mol. The number of aliphatic carboxylic acids is 1. The van der Waals surface area contributed by atoms with Crippen molar-refractivity contribution in [1.29, 1.82) is 0 Å². The van der Waals surface area contributed by atoms with Gasteiger partial charge in [-0.2, -0.15) is 0 Å². The topological polar surface area (TPSA) is 66.4 Å². The van der Waals surface area contributed by atoms with Gasteiger partial charge in [-0.3, -0.25) is 4.79 Å². The summed E-state index contributed by atoms with van der Waals surface area (Å²) < 4.78 is 0.494. The first kappa shape index (κ1) is 16.6. The number of carboxylic acids is 1. The lowest BCUT2D eigenvalue weighted by Gasteiger charge is -2.27. The van der Waals surface area contributed by atoms with Crippen molar-refractivity contribution in [3.63, 3.8) is 0 Å². The normalized spacial score (nSPS) is 11.1. The van der Waals surface area contributed by atoms with Gasteiger partial charge < -0.3 is 14.9 Å². The second-order valence-corrected chi connectivity index (χ2v) is 5.31. The number of rotatable bonds is 9. The third-order valence-electron chi connectivity index (χ3n) is 2.68. The van der Waals surface area contributed by atoms with Crippen LogP contribution in [0.25, 0.3) is 0 Å². The highest BCUT2D eigenvalue weighted by Gasteiger charge is 2.18. The molecule has 18 heavy (non-hydrogen) atoms. The molecule has 0 radical (unpaired) electrons. The molecule has 0 spiro atoms. The number of nitrogens with one attached hydrogen (secondary N) is 1. The first-order valence-electron chi connectivity index (χ1n) is 6.22. The smallest absolute Gasteiger partial charge is 0.359 e. The number of nitrogens with zero attached hydrogens (tertiary/aromatic N) is 1. The van der Waals surface area contributed by atoms with Gasteiger partial charge in [-0.25, -0.2) is 4.79 Å². The van der Waals surface area contributed by atoms with Gasteiger partial charge >= 0.3 is 5.97 Å². The van der Waals surface area contributed by atoms with Crippen LogP contribution < -0.4 is 5.32 Å². The number of amides is 1. The molecule has 0 atom stereocenters. The number of hydrogen-bond donors (Lipinski definition) is 2. The van der Waals surface area contributed by atoms with E-state index in [4.69, 9.17) is 5.11 Å². The fraction of sp³-hybridized carbons (Fsp3) is 0.692. The minimum atomic E-state index is -0.770. The highest BCUT2D eigenvalue weighted by Crippen LogP contribution is 2.03. The number of hydrogen-bond acceptors (Lipinski definition) is 2. The summed E-state index contributed by atoms with van der Waals surface area (Å²) in [6.07, 6.45) is 2.85. The number of unbranched alkanes of at least 4 members (excludes halogenated alkanes) is 2. The van der Waals surface area contributed by atoms with E-state index in [2.05, 4.69) is 11.9 Å². The SMILES string of the molecule is C=C(C)C(=O)NCCCCC[N+](C)(C)CC(=O)O. The second-order valence-electron chi connectivity index (χ2n) is 5.31. The van der Waals surface area contributed by atoms with Crippen molar-refractivity contribution in [2.75, 3.05) is 33.7 Å². The predicted molar refractivity (Wildman–Crippen MR) is 71.2 cm³/mol. The molecule has 2 N–H and O–H groups in total. The van der Waals surface area contributed by atoms with Crippen molar-refractivity contribution >= 4 is 11.9 Å². The van der Waals surface area contributed by atoms with Gasteiger partial charge in [-0.1, -0.05) is 6.58 Å². The molecule has 5 nitrogen and oxygen atoms in total. The molecule has 1 amide bonds. The summed E-state index contributed by atoms with van der Waals surface area (Å²) in [5.41, 5.74) is 0.522. The summed E-state index contributed by atoms with van der Waals surface area (Å²) in [5.74, 6) is -0.870. The summed E-state index contributed by atoms with van der Waals surface area (Å²) in [6.45, 7) is 6.87. The summed E-state index contributed by atoms with van der Waals surface area (Å²) in [4.78, 5) is 21.8. The minimum Gasteiger partial charge on any atom is -0.477 e. The molecule has 0 aliphatic heterocycles. The molecule has 0 rings (SSSR count). The number of likely N-dealkylation sites (N-methyl/N-ethyl adjacent to an activating group) is 1. The Morgan fingerprint density at radius 2 is 1.83 bits per heavy atom. The van der Waals surface area contributed by atoms with Crippen molar-refractivity contribution in [1.82, 2.24) is 5.32 Å². The fourth-order valence-electron chi connectivity index (χ4n) is 1.64. The zero-order chi connectivity index (χ0) is 14.2. The van der Waals surface area contributed by atoms with Crippen LogP contribution in [0, 0.1) is 0 Å². The lowest BCUT2D eigenvalue weighted by molar-refractivity contribution is -0.883. The van der Waals surface area contributed by atoms with E-state index in [1.54, 1.807) is 6.92 Å². The van der Waals surface area contributed by atoms with E-state index in [1.807, 2.05) is 14.1 Å². The first-order valence-corrected chi connectivity index (χ1v) is 6.22. The second kappa shape index (κ2) is 7.87. The maximum Gasteiger partial charge on any atom is 0.359 e. The summed E-state index contributed by atoms with van der Waals surface area (Å²) >= 11 is 0. The van der Waals surface area contributed by atoms with Gasteiger partial charge in [0.25, 0.3) is 0 Å². The van der Waals surface area contributed by atoms with E-state index in [0.29, 0.717) is 16.6 Å². The van der Waals surface area contributed by atoms with Crippen LogP contribution in [0.3, 0.4) is 0 Å². The van der Waals surface area contributed by atoms with Crippen LogP contribution in [0.5, 0.6) is 0 Å². The van der Waals surface area contributed by atoms with E-state index in [9.17, 15) is 9.59 Å². The van der Waals surface area contributed by atoms with Gasteiger partial charge in [0, 0.05) is 12.1 Å². The zero-order valence-electron chi connectivity index (χ0n) is 11.7. The highest BCUT2D eigenvalue weighted by atomic mass is 16.4. The molecule has 0 aromatic rings. The molecule has 0 aliphatic rings. The Hall–Kier alpha value is -1.36. The molecule has 0 fully saturated rings. The van der Waals surface area contributed by atoms with E-state index >= 15 is 0 Å². The number of carbonyl (C=O) groups is 2. The Morgan fingerprint density at radius 1 is 1.22 bits per heavy atom. The predicted octanol–water partition coefficient (Wildman–Crippen LogP) is 1.01. The molecule has 0 aromatic heterocycles. The molecule has 0 bridgehead atoms. The van der Waals surface area contributed by atoms with E-state index in [0.717, 1.165) is 25.8 Å². The van der Waals surface area contributed by atoms with Gasteiger partial charge in [0.1, 0.15) is 0 Å². The Morgan fingerprint density at radius 3 is 2.33 bits per heavy atom. The van der Waals surface area contributed by atoms with Gasteiger partial charge in [-0.15, -0.1) is 0 Å². The largest absolute Gasteiger partial charge is 0.477 e. The quantitative estimate of drug-likeness (QED) is 0.368. The molecule has 0 unspecified atom stereocenters. The van der Waals surface area contributed by atoms with Crippen molar-refractivity contribution in [3.05, 3.63) is 12.2 Å². The van der Waals surface area contributed by atoms with E-state index in [-0.39, 0.29) is 12.5 Å². The molecule has 0 saturated carbocycles. The third-order valence-corrected chi connectivity index (χ3v) is 2.68. The summed E-state index contributed by atoms with van der Waals surface area (Å²) in [7, 11) is 3.83. The van der Waals surface area contributed by atoms with Crippen molar-refractivity contribution in [3.8, 4) is 0 Å². The van der Waals surface area contributed by atoms with Crippen LogP contribution in [0.1, 0.15) is 26.2 Å². The number of quaternary nitrogens is 1.